The lowest BCUT2D eigenvalue weighted by Crippen LogP contribution is -2.47. The molecule has 4 heteroatoms. The van der Waals surface area contributed by atoms with E-state index in [-0.39, 0.29) is 11.9 Å². The number of amides is 1. The van der Waals surface area contributed by atoms with Gasteiger partial charge < -0.3 is 15.5 Å². The molecule has 2 aromatic carbocycles. The van der Waals surface area contributed by atoms with Crippen LogP contribution in [0.2, 0.25) is 0 Å². The Morgan fingerprint density at radius 1 is 1.18 bits per heavy atom. The summed E-state index contributed by atoms with van der Waals surface area (Å²) in [6, 6.07) is 18.0. The molecule has 1 aliphatic rings. The van der Waals surface area contributed by atoms with Crippen molar-refractivity contribution in [2.45, 2.75) is 12.5 Å². The average molecular weight is 295 g/mol. The molecule has 0 aromatic heterocycles. The fraction of sp³-hybridized carbons (Fsp3) is 0.278. The van der Waals surface area contributed by atoms with Gasteiger partial charge in [0, 0.05) is 31.0 Å². The van der Waals surface area contributed by atoms with Crippen molar-refractivity contribution in [3.05, 3.63) is 60.2 Å². The third-order valence-electron chi connectivity index (χ3n) is 4.11. The van der Waals surface area contributed by atoms with E-state index in [9.17, 15) is 4.79 Å². The summed E-state index contributed by atoms with van der Waals surface area (Å²) >= 11 is 0. The van der Waals surface area contributed by atoms with E-state index >= 15 is 0 Å². The summed E-state index contributed by atoms with van der Waals surface area (Å²) in [4.78, 5) is 16.4. The molecule has 1 heterocycles. The molecule has 1 aliphatic heterocycles. The molecule has 4 nitrogen and oxygen atoms in total. The maximum Gasteiger partial charge on any atom is 0.246 e. The molecule has 22 heavy (non-hydrogen) atoms. The molecule has 0 aliphatic carbocycles. The smallest absolute Gasteiger partial charge is 0.246 e. The highest BCUT2D eigenvalue weighted by atomic mass is 16.2. The second-order valence-electron chi connectivity index (χ2n) is 5.76. The second-order valence-corrected chi connectivity index (χ2v) is 5.76. The number of fused-ring (bicyclic) bond motifs is 1. The van der Waals surface area contributed by atoms with E-state index in [0.29, 0.717) is 13.1 Å². The number of para-hydroxylation sites is 2. The zero-order valence-electron chi connectivity index (χ0n) is 12.8. The van der Waals surface area contributed by atoms with Crippen LogP contribution in [0.25, 0.3) is 0 Å². The van der Waals surface area contributed by atoms with Gasteiger partial charge >= 0.3 is 0 Å². The van der Waals surface area contributed by atoms with Crippen LogP contribution in [0.5, 0.6) is 0 Å². The molecule has 3 rings (SSSR count). The number of anilines is 2. The molecular formula is C18H21N3O. The molecule has 0 fully saturated rings. The van der Waals surface area contributed by atoms with Crippen LogP contribution in [0.3, 0.4) is 0 Å². The Labute approximate surface area is 131 Å². The summed E-state index contributed by atoms with van der Waals surface area (Å²) in [5.41, 5.74) is 9.38. The van der Waals surface area contributed by atoms with Gasteiger partial charge in [0.05, 0.1) is 6.54 Å². The zero-order valence-corrected chi connectivity index (χ0v) is 12.8. The van der Waals surface area contributed by atoms with Crippen molar-refractivity contribution in [3.63, 3.8) is 0 Å². The molecule has 2 N–H and O–H groups in total. The fourth-order valence-corrected chi connectivity index (χ4v) is 2.94. The van der Waals surface area contributed by atoms with Crippen LogP contribution in [0, 0.1) is 0 Å². The molecule has 1 atom stereocenters. The first-order chi connectivity index (χ1) is 10.6. The lowest BCUT2D eigenvalue weighted by molar-refractivity contribution is -0.117. The number of rotatable bonds is 3. The number of carbonyl (C=O) groups is 1. The van der Waals surface area contributed by atoms with Crippen molar-refractivity contribution in [1.82, 2.24) is 0 Å². The molecule has 0 spiro atoms. The summed E-state index contributed by atoms with van der Waals surface area (Å²) in [6.07, 6.45) is 0.870. The second kappa shape index (κ2) is 6.20. The lowest BCUT2D eigenvalue weighted by atomic mass is 9.98. The van der Waals surface area contributed by atoms with E-state index in [1.54, 1.807) is 4.90 Å². The number of hydrogen-bond acceptors (Lipinski definition) is 3. The summed E-state index contributed by atoms with van der Waals surface area (Å²) < 4.78 is 0. The average Bonchev–Trinajstić information content (AvgIpc) is 2.54. The number of likely N-dealkylation sites (N-methyl/N-ethyl adjacent to an activating group) is 1. The van der Waals surface area contributed by atoms with Gasteiger partial charge in [-0.05, 0) is 30.2 Å². The predicted octanol–water partition coefficient (Wildman–Crippen LogP) is 2.04. The van der Waals surface area contributed by atoms with E-state index < -0.39 is 0 Å². The molecular weight excluding hydrogens is 274 g/mol. The number of nitrogens with two attached hydrogens (primary N) is 1. The summed E-state index contributed by atoms with van der Waals surface area (Å²) in [5, 5.41) is 0. The Kier molecular flexibility index (Phi) is 4.11. The van der Waals surface area contributed by atoms with Gasteiger partial charge in [0.2, 0.25) is 5.91 Å². The van der Waals surface area contributed by atoms with Crippen LogP contribution >= 0.6 is 0 Å². The molecule has 114 valence electrons. The van der Waals surface area contributed by atoms with Crippen LogP contribution in [0.15, 0.2) is 54.6 Å². The number of hydrogen-bond donors (Lipinski definition) is 1. The molecule has 0 radical (unpaired) electrons. The first-order valence-corrected chi connectivity index (χ1v) is 7.55. The van der Waals surface area contributed by atoms with Crippen LogP contribution in [-0.4, -0.2) is 32.1 Å². The van der Waals surface area contributed by atoms with Crippen LogP contribution in [0.1, 0.15) is 5.56 Å². The van der Waals surface area contributed by atoms with Gasteiger partial charge in [-0.1, -0.05) is 36.4 Å². The van der Waals surface area contributed by atoms with E-state index in [1.165, 1.54) is 5.56 Å². The highest BCUT2D eigenvalue weighted by Crippen LogP contribution is 2.26. The standard InChI is InChI=1S/C18H21N3O/c1-20(16-8-3-2-4-9-16)18(22)13-21-12-15(19)11-14-7-5-6-10-17(14)21/h2-10,15H,11-13,19H2,1H3. The Hall–Kier alpha value is -2.33. The quantitative estimate of drug-likeness (QED) is 0.942. The summed E-state index contributed by atoms with van der Waals surface area (Å²) in [7, 11) is 1.81. The molecule has 1 unspecified atom stereocenters. The first kappa shape index (κ1) is 14.6. The van der Waals surface area contributed by atoms with E-state index in [0.717, 1.165) is 17.8 Å². The largest absolute Gasteiger partial charge is 0.360 e. The third kappa shape index (κ3) is 2.97. The summed E-state index contributed by atoms with van der Waals surface area (Å²) in [5.74, 6) is 0.0649. The minimum absolute atomic E-state index is 0.0649. The first-order valence-electron chi connectivity index (χ1n) is 7.55. The van der Waals surface area contributed by atoms with E-state index in [2.05, 4.69) is 17.0 Å². The Morgan fingerprint density at radius 3 is 2.64 bits per heavy atom. The van der Waals surface area contributed by atoms with Crippen molar-refractivity contribution >= 4 is 17.3 Å². The summed E-state index contributed by atoms with van der Waals surface area (Å²) in [6.45, 7) is 1.06. The lowest BCUT2D eigenvalue weighted by Gasteiger charge is -2.35. The molecule has 2 aromatic rings. The Bertz CT molecular complexity index is 656. The van der Waals surface area contributed by atoms with Gasteiger partial charge in [-0.2, -0.15) is 0 Å². The Balaban J connectivity index is 1.77. The number of benzene rings is 2. The minimum atomic E-state index is 0.0649. The molecule has 1 amide bonds. The zero-order chi connectivity index (χ0) is 15.5. The number of carbonyl (C=O) groups excluding carboxylic acids is 1. The van der Waals surface area contributed by atoms with Crippen molar-refractivity contribution in [1.29, 1.82) is 0 Å². The predicted molar refractivity (Wildman–Crippen MR) is 90.2 cm³/mol. The van der Waals surface area contributed by atoms with Crippen molar-refractivity contribution < 1.29 is 4.79 Å². The molecule has 0 bridgehead atoms. The molecule has 0 saturated carbocycles. The maximum atomic E-state index is 12.6. The maximum absolute atomic E-state index is 12.6. The normalized spacial score (nSPS) is 17.0. The van der Waals surface area contributed by atoms with Gasteiger partial charge in [0.15, 0.2) is 0 Å². The van der Waals surface area contributed by atoms with Crippen LogP contribution in [-0.2, 0) is 11.2 Å². The van der Waals surface area contributed by atoms with Gasteiger partial charge in [-0.25, -0.2) is 0 Å². The topological polar surface area (TPSA) is 49.6 Å². The highest BCUT2D eigenvalue weighted by molar-refractivity contribution is 5.96. The van der Waals surface area contributed by atoms with E-state index in [4.69, 9.17) is 5.73 Å². The van der Waals surface area contributed by atoms with Crippen LogP contribution < -0.4 is 15.5 Å². The van der Waals surface area contributed by atoms with Gasteiger partial charge in [0.1, 0.15) is 0 Å². The third-order valence-corrected chi connectivity index (χ3v) is 4.11. The minimum Gasteiger partial charge on any atom is -0.360 e. The Morgan fingerprint density at radius 2 is 1.86 bits per heavy atom. The van der Waals surface area contributed by atoms with Gasteiger partial charge in [-0.3, -0.25) is 4.79 Å². The van der Waals surface area contributed by atoms with Gasteiger partial charge in [-0.15, -0.1) is 0 Å². The number of nitrogens with zero attached hydrogens (tertiary/aromatic N) is 2. The fourth-order valence-electron chi connectivity index (χ4n) is 2.94. The highest BCUT2D eigenvalue weighted by Gasteiger charge is 2.24. The van der Waals surface area contributed by atoms with Crippen LogP contribution in [0.4, 0.5) is 11.4 Å². The van der Waals surface area contributed by atoms with Gasteiger partial charge in [0.25, 0.3) is 0 Å². The van der Waals surface area contributed by atoms with Crippen molar-refractivity contribution in [3.8, 4) is 0 Å². The monoisotopic (exact) mass is 295 g/mol. The van der Waals surface area contributed by atoms with Crippen molar-refractivity contribution in [2.75, 3.05) is 29.9 Å². The van der Waals surface area contributed by atoms with Crippen molar-refractivity contribution in [2.24, 2.45) is 5.73 Å². The SMILES string of the molecule is CN(C(=O)CN1CC(N)Cc2ccccc21)c1ccccc1. The van der Waals surface area contributed by atoms with E-state index in [1.807, 2.05) is 49.5 Å². The molecule has 0 saturated heterocycles.